The molecule has 1 aliphatic rings. The number of ether oxygens (including phenoxy) is 1. The number of aliphatic hydroxyl groups is 1. The summed E-state index contributed by atoms with van der Waals surface area (Å²) in [6.45, 7) is 14.8. The molecule has 0 aliphatic heterocycles. The molecule has 7 nitrogen and oxygen atoms in total. The molecule has 1 aliphatic carbocycles. The summed E-state index contributed by atoms with van der Waals surface area (Å²) in [7, 11) is 0. The molecular formula is C35H48N2O5. The van der Waals surface area contributed by atoms with E-state index in [0.717, 1.165) is 32.1 Å². The average molecular weight is 577 g/mol. The lowest BCUT2D eigenvalue weighted by Gasteiger charge is -2.42. The molecule has 2 aromatic rings. The van der Waals surface area contributed by atoms with Crippen LogP contribution in [0.5, 0.6) is 0 Å². The van der Waals surface area contributed by atoms with Crippen LogP contribution in [0.2, 0.25) is 0 Å². The summed E-state index contributed by atoms with van der Waals surface area (Å²) in [4.78, 5) is 31.2. The molecule has 0 saturated carbocycles. The second-order valence-electron chi connectivity index (χ2n) is 12.5. The van der Waals surface area contributed by atoms with Gasteiger partial charge in [-0.25, -0.2) is 4.79 Å². The van der Waals surface area contributed by atoms with E-state index in [0.29, 0.717) is 23.2 Å². The smallest absolute Gasteiger partial charge is 0.338 e. The summed E-state index contributed by atoms with van der Waals surface area (Å²) in [5, 5.41) is 17.6. The van der Waals surface area contributed by atoms with Gasteiger partial charge in [-0.05, 0) is 71.6 Å². The SMILES string of the molecule is C=CCOC(=O)c1ccc(NC(=O)C(=NOC(O)CCCCCCCC)c2ccc3c(c2)C(C)(C)CCC3(C)C)cc1. The van der Waals surface area contributed by atoms with Crippen LogP contribution >= 0.6 is 0 Å². The summed E-state index contributed by atoms with van der Waals surface area (Å²) < 4.78 is 5.07. The van der Waals surface area contributed by atoms with Gasteiger partial charge in [0.05, 0.1) is 5.56 Å². The highest BCUT2D eigenvalue weighted by molar-refractivity contribution is 6.48. The van der Waals surface area contributed by atoms with E-state index in [1.807, 2.05) is 12.1 Å². The zero-order valence-electron chi connectivity index (χ0n) is 26.0. The maximum atomic E-state index is 13.6. The second-order valence-corrected chi connectivity index (χ2v) is 12.5. The fraction of sp³-hybridized carbons (Fsp3) is 0.514. The van der Waals surface area contributed by atoms with Crippen molar-refractivity contribution in [2.24, 2.45) is 5.16 Å². The van der Waals surface area contributed by atoms with Gasteiger partial charge in [-0.3, -0.25) is 4.79 Å². The standard InChI is InChI=1S/C35H48N2O5/c1-7-9-10-11-12-13-14-30(38)42-37-31(26-17-20-28-29(24-26)35(5,6)22-21-34(28,3)4)32(39)36-27-18-15-25(16-19-27)33(40)41-23-8-2/h8,15-20,24,30,38H,2,7,9-14,21-23H2,1,3-6H3,(H,36,39). The van der Waals surface area contributed by atoms with Crippen molar-refractivity contribution in [3.05, 3.63) is 77.4 Å². The Morgan fingerprint density at radius 3 is 2.24 bits per heavy atom. The van der Waals surface area contributed by atoms with E-state index in [1.54, 1.807) is 24.3 Å². The minimum Gasteiger partial charge on any atom is -0.458 e. The quantitative estimate of drug-likeness (QED) is 0.0563. The van der Waals surface area contributed by atoms with Crippen LogP contribution in [0.1, 0.15) is 119 Å². The molecule has 0 aromatic heterocycles. The molecule has 228 valence electrons. The van der Waals surface area contributed by atoms with Crippen LogP contribution < -0.4 is 5.32 Å². The lowest BCUT2D eigenvalue weighted by atomic mass is 9.63. The van der Waals surface area contributed by atoms with Gasteiger partial charge in [0.25, 0.3) is 5.91 Å². The van der Waals surface area contributed by atoms with Crippen molar-refractivity contribution in [1.29, 1.82) is 0 Å². The van der Waals surface area contributed by atoms with Gasteiger partial charge >= 0.3 is 5.97 Å². The summed E-state index contributed by atoms with van der Waals surface area (Å²) >= 11 is 0. The molecule has 0 spiro atoms. The van der Waals surface area contributed by atoms with Crippen LogP contribution in [0.25, 0.3) is 0 Å². The number of nitrogens with one attached hydrogen (secondary N) is 1. The van der Waals surface area contributed by atoms with Gasteiger partial charge in [-0.15, -0.1) is 0 Å². The Balaban J connectivity index is 1.83. The molecular weight excluding hydrogens is 528 g/mol. The number of esters is 1. The molecule has 0 saturated heterocycles. The molecule has 0 heterocycles. The maximum absolute atomic E-state index is 13.6. The van der Waals surface area contributed by atoms with Crippen LogP contribution in [-0.2, 0) is 25.2 Å². The van der Waals surface area contributed by atoms with Gasteiger partial charge in [0.2, 0.25) is 6.29 Å². The van der Waals surface area contributed by atoms with E-state index in [2.05, 4.69) is 57.7 Å². The number of hydrogen-bond donors (Lipinski definition) is 2. The normalized spacial score (nSPS) is 16.2. The number of unbranched alkanes of at least 4 members (excludes halogenated alkanes) is 5. The predicted octanol–water partition coefficient (Wildman–Crippen LogP) is 7.81. The van der Waals surface area contributed by atoms with E-state index in [1.165, 1.54) is 36.5 Å². The highest BCUT2D eigenvalue weighted by Crippen LogP contribution is 2.46. The van der Waals surface area contributed by atoms with Gasteiger partial charge in [0.15, 0.2) is 5.71 Å². The first-order chi connectivity index (χ1) is 20.0. The molecule has 3 rings (SSSR count). The molecule has 42 heavy (non-hydrogen) atoms. The largest absolute Gasteiger partial charge is 0.458 e. The van der Waals surface area contributed by atoms with E-state index >= 15 is 0 Å². The molecule has 1 atom stereocenters. The number of oxime groups is 1. The first-order valence-corrected chi connectivity index (χ1v) is 15.2. The number of hydrogen-bond acceptors (Lipinski definition) is 6. The summed E-state index contributed by atoms with van der Waals surface area (Å²) in [6, 6.07) is 12.5. The van der Waals surface area contributed by atoms with Crippen LogP contribution in [0.4, 0.5) is 5.69 Å². The third-order valence-corrected chi connectivity index (χ3v) is 8.12. The first-order valence-electron chi connectivity index (χ1n) is 15.2. The molecule has 7 heteroatoms. The Labute approximate surface area is 251 Å². The van der Waals surface area contributed by atoms with Crippen LogP contribution in [0.3, 0.4) is 0 Å². The molecule has 1 amide bonds. The number of nitrogens with zero attached hydrogens (tertiary/aromatic N) is 1. The van der Waals surface area contributed by atoms with Gasteiger partial charge in [0, 0.05) is 17.7 Å². The van der Waals surface area contributed by atoms with E-state index in [-0.39, 0.29) is 23.1 Å². The van der Waals surface area contributed by atoms with E-state index < -0.39 is 18.2 Å². The number of fused-ring (bicyclic) bond motifs is 1. The number of amides is 1. The van der Waals surface area contributed by atoms with Crippen molar-refractivity contribution in [1.82, 2.24) is 0 Å². The summed E-state index contributed by atoms with van der Waals surface area (Å²) in [6.07, 6.45) is 9.53. The van der Waals surface area contributed by atoms with Crippen LogP contribution in [0.15, 0.2) is 60.3 Å². The maximum Gasteiger partial charge on any atom is 0.338 e. The third-order valence-electron chi connectivity index (χ3n) is 8.12. The molecule has 2 aromatic carbocycles. The number of rotatable bonds is 15. The molecule has 1 unspecified atom stereocenters. The Morgan fingerprint density at radius 1 is 0.952 bits per heavy atom. The Kier molecular flexibility index (Phi) is 11.9. The zero-order chi connectivity index (χ0) is 30.8. The summed E-state index contributed by atoms with van der Waals surface area (Å²) in [5.41, 5.74) is 3.97. The average Bonchev–Trinajstić information content (AvgIpc) is 2.96. The fourth-order valence-electron chi connectivity index (χ4n) is 5.32. The highest BCUT2D eigenvalue weighted by atomic mass is 16.7. The minimum atomic E-state index is -1.10. The predicted molar refractivity (Wildman–Crippen MR) is 169 cm³/mol. The van der Waals surface area contributed by atoms with E-state index in [9.17, 15) is 14.7 Å². The van der Waals surface area contributed by atoms with Crippen molar-refractivity contribution in [3.8, 4) is 0 Å². The number of anilines is 1. The topological polar surface area (TPSA) is 97.2 Å². The monoisotopic (exact) mass is 576 g/mol. The first kappa shape index (κ1) is 33.1. The molecule has 0 fully saturated rings. The third kappa shape index (κ3) is 9.02. The van der Waals surface area contributed by atoms with Crippen molar-refractivity contribution in [2.45, 2.75) is 110 Å². The van der Waals surface area contributed by atoms with Crippen molar-refractivity contribution in [3.63, 3.8) is 0 Å². The Hall–Kier alpha value is -3.45. The lowest BCUT2D eigenvalue weighted by Crippen LogP contribution is -2.34. The van der Waals surface area contributed by atoms with Crippen molar-refractivity contribution < 1.29 is 24.3 Å². The van der Waals surface area contributed by atoms with Gasteiger partial charge in [-0.2, -0.15) is 0 Å². The Bertz CT molecular complexity index is 1250. The van der Waals surface area contributed by atoms with Gasteiger partial charge < -0.3 is 20.0 Å². The van der Waals surface area contributed by atoms with Crippen LogP contribution in [0, 0.1) is 0 Å². The zero-order valence-corrected chi connectivity index (χ0v) is 26.0. The molecule has 0 bridgehead atoms. The van der Waals surface area contributed by atoms with Gasteiger partial charge in [-0.1, -0.05) is 96.7 Å². The number of benzene rings is 2. The molecule has 2 N–H and O–H groups in total. The van der Waals surface area contributed by atoms with Crippen molar-refractivity contribution in [2.75, 3.05) is 11.9 Å². The van der Waals surface area contributed by atoms with Crippen LogP contribution in [-0.4, -0.2) is 35.6 Å². The molecule has 0 radical (unpaired) electrons. The van der Waals surface area contributed by atoms with Crippen molar-refractivity contribution >= 4 is 23.3 Å². The lowest BCUT2D eigenvalue weighted by molar-refractivity contribution is -0.113. The minimum absolute atomic E-state index is 0.0291. The number of carbonyl (C=O) groups excluding carboxylic acids is 2. The fourth-order valence-corrected chi connectivity index (χ4v) is 5.32. The highest BCUT2D eigenvalue weighted by Gasteiger charge is 2.37. The number of carbonyl (C=O) groups is 2. The van der Waals surface area contributed by atoms with Gasteiger partial charge in [0.1, 0.15) is 6.61 Å². The van der Waals surface area contributed by atoms with E-state index in [4.69, 9.17) is 9.57 Å². The number of aliphatic hydroxyl groups excluding tert-OH is 1. The second kappa shape index (κ2) is 15.1. The Morgan fingerprint density at radius 2 is 1.57 bits per heavy atom. The summed E-state index contributed by atoms with van der Waals surface area (Å²) in [5.74, 6) is -0.945.